The largest absolute Gasteiger partial charge is 0.494 e. The Kier molecular flexibility index (Phi) is 9.84. The van der Waals surface area contributed by atoms with E-state index >= 15 is 0 Å². The fourth-order valence-corrected chi connectivity index (χ4v) is 4.24. The van der Waals surface area contributed by atoms with Gasteiger partial charge in [0.25, 0.3) is 5.91 Å². The third-order valence-corrected chi connectivity index (χ3v) is 6.59. The normalized spacial score (nSPS) is 11.2. The minimum absolute atomic E-state index is 0.108. The number of hydrogen-bond acceptors (Lipinski definition) is 6. The first-order valence-corrected chi connectivity index (χ1v) is 13.0. The molecule has 0 saturated carbocycles. The van der Waals surface area contributed by atoms with Crippen molar-refractivity contribution in [3.8, 4) is 11.5 Å². The molecule has 192 valence electrons. The maximum absolute atomic E-state index is 13.2. The standard InChI is InChI=1S/C27H30FNO6S/c1-3-4-18-34-24-13-7-22(8-14-24)27(30)29(17-19-33-2)20-21-5-11-25(12-6-21)35-36(31,32)26-15-9-23(28)10-16-26/h5-16H,3-4,17-20H2,1-2H3. The second-order valence-electron chi connectivity index (χ2n) is 8.08. The Morgan fingerprint density at radius 3 is 2.14 bits per heavy atom. The lowest BCUT2D eigenvalue weighted by molar-refractivity contribution is 0.0680. The van der Waals surface area contributed by atoms with Crippen LogP contribution in [0.1, 0.15) is 35.7 Å². The van der Waals surface area contributed by atoms with Gasteiger partial charge in [0.1, 0.15) is 22.2 Å². The van der Waals surface area contributed by atoms with Crippen LogP contribution in [0.5, 0.6) is 11.5 Å². The van der Waals surface area contributed by atoms with Crippen molar-refractivity contribution in [2.24, 2.45) is 0 Å². The fraction of sp³-hybridized carbons (Fsp3) is 0.296. The third kappa shape index (κ3) is 7.79. The summed E-state index contributed by atoms with van der Waals surface area (Å²) < 4.78 is 53.9. The quantitative estimate of drug-likeness (QED) is 0.234. The van der Waals surface area contributed by atoms with Gasteiger partial charge in [-0.2, -0.15) is 8.42 Å². The first kappa shape index (κ1) is 27.2. The number of benzene rings is 3. The minimum Gasteiger partial charge on any atom is -0.494 e. The number of unbranched alkanes of at least 4 members (excludes halogenated alkanes) is 1. The third-order valence-electron chi connectivity index (χ3n) is 5.33. The topological polar surface area (TPSA) is 82.1 Å². The van der Waals surface area contributed by atoms with Gasteiger partial charge in [-0.1, -0.05) is 25.5 Å². The highest BCUT2D eigenvalue weighted by Crippen LogP contribution is 2.21. The van der Waals surface area contributed by atoms with Gasteiger partial charge in [0.15, 0.2) is 0 Å². The Labute approximate surface area is 211 Å². The van der Waals surface area contributed by atoms with E-state index in [2.05, 4.69) is 6.92 Å². The molecule has 0 aromatic heterocycles. The van der Waals surface area contributed by atoms with Gasteiger partial charge >= 0.3 is 10.1 Å². The lowest BCUT2D eigenvalue weighted by Gasteiger charge is -2.23. The van der Waals surface area contributed by atoms with Crippen molar-refractivity contribution in [2.75, 3.05) is 26.9 Å². The number of nitrogens with zero attached hydrogens (tertiary/aromatic N) is 1. The van der Waals surface area contributed by atoms with E-state index in [0.29, 0.717) is 31.9 Å². The van der Waals surface area contributed by atoms with E-state index in [1.54, 1.807) is 48.4 Å². The number of rotatable bonds is 13. The maximum atomic E-state index is 13.2. The zero-order valence-corrected chi connectivity index (χ0v) is 21.2. The highest BCUT2D eigenvalue weighted by Gasteiger charge is 2.18. The summed E-state index contributed by atoms with van der Waals surface area (Å²) in [5.74, 6) is 0.125. The summed E-state index contributed by atoms with van der Waals surface area (Å²) in [4.78, 5) is 14.7. The smallest absolute Gasteiger partial charge is 0.339 e. The lowest BCUT2D eigenvalue weighted by atomic mass is 10.1. The first-order chi connectivity index (χ1) is 17.3. The van der Waals surface area contributed by atoms with E-state index in [4.69, 9.17) is 13.7 Å². The predicted octanol–water partition coefficient (Wildman–Crippen LogP) is 5.06. The SMILES string of the molecule is CCCCOc1ccc(C(=O)N(CCOC)Cc2ccc(OS(=O)(=O)c3ccc(F)cc3)cc2)cc1. The second kappa shape index (κ2) is 13.0. The van der Waals surface area contributed by atoms with Gasteiger partial charge in [0, 0.05) is 25.8 Å². The molecule has 0 saturated heterocycles. The highest BCUT2D eigenvalue weighted by molar-refractivity contribution is 7.87. The number of halogens is 1. The van der Waals surface area contributed by atoms with E-state index in [0.717, 1.165) is 48.4 Å². The van der Waals surface area contributed by atoms with Crippen LogP contribution in [0.2, 0.25) is 0 Å². The first-order valence-electron chi connectivity index (χ1n) is 11.6. The molecule has 0 aliphatic rings. The van der Waals surface area contributed by atoms with Crippen LogP contribution in [-0.4, -0.2) is 46.1 Å². The van der Waals surface area contributed by atoms with Gasteiger partial charge in [-0.15, -0.1) is 0 Å². The molecule has 9 heteroatoms. The van der Waals surface area contributed by atoms with Crippen LogP contribution >= 0.6 is 0 Å². The number of hydrogen-bond donors (Lipinski definition) is 0. The van der Waals surface area contributed by atoms with Crippen LogP contribution in [0.25, 0.3) is 0 Å². The number of carbonyl (C=O) groups excluding carboxylic acids is 1. The molecule has 0 aliphatic carbocycles. The van der Waals surface area contributed by atoms with Crippen molar-refractivity contribution in [1.29, 1.82) is 0 Å². The van der Waals surface area contributed by atoms with Crippen LogP contribution in [0.4, 0.5) is 4.39 Å². The van der Waals surface area contributed by atoms with Crippen molar-refractivity contribution in [3.05, 3.63) is 89.7 Å². The number of amides is 1. The van der Waals surface area contributed by atoms with E-state index < -0.39 is 15.9 Å². The summed E-state index contributed by atoms with van der Waals surface area (Å²) in [7, 11) is -2.53. The molecular formula is C27H30FNO6S. The van der Waals surface area contributed by atoms with Crippen LogP contribution in [0.3, 0.4) is 0 Å². The average Bonchev–Trinajstić information content (AvgIpc) is 2.88. The van der Waals surface area contributed by atoms with Gasteiger partial charge in [0.05, 0.1) is 13.2 Å². The summed E-state index contributed by atoms with van der Waals surface area (Å²) >= 11 is 0. The maximum Gasteiger partial charge on any atom is 0.339 e. The van der Waals surface area contributed by atoms with Crippen molar-refractivity contribution in [3.63, 3.8) is 0 Å². The van der Waals surface area contributed by atoms with Gasteiger partial charge in [-0.3, -0.25) is 4.79 Å². The molecule has 0 N–H and O–H groups in total. The molecule has 0 unspecified atom stereocenters. The van der Waals surface area contributed by atoms with Crippen molar-refractivity contribution in [2.45, 2.75) is 31.2 Å². The van der Waals surface area contributed by atoms with Crippen LogP contribution in [0, 0.1) is 5.82 Å². The van der Waals surface area contributed by atoms with Crippen LogP contribution < -0.4 is 8.92 Å². The van der Waals surface area contributed by atoms with E-state index in [9.17, 15) is 17.6 Å². The molecular weight excluding hydrogens is 485 g/mol. The van der Waals surface area contributed by atoms with Gasteiger partial charge in [0.2, 0.25) is 0 Å². The van der Waals surface area contributed by atoms with E-state index in [1.165, 1.54) is 12.1 Å². The number of carbonyl (C=O) groups is 1. The Hall–Kier alpha value is -3.43. The summed E-state index contributed by atoms with van der Waals surface area (Å²) in [6, 6.07) is 17.8. The molecule has 1 amide bonds. The molecule has 0 spiro atoms. The van der Waals surface area contributed by atoms with Crippen molar-refractivity contribution in [1.82, 2.24) is 4.90 Å². The monoisotopic (exact) mass is 515 g/mol. The zero-order valence-electron chi connectivity index (χ0n) is 20.4. The fourth-order valence-electron chi connectivity index (χ4n) is 3.31. The molecule has 0 aliphatic heterocycles. The van der Waals surface area contributed by atoms with Crippen LogP contribution in [-0.2, 0) is 21.4 Å². The molecule has 36 heavy (non-hydrogen) atoms. The Balaban J connectivity index is 1.67. The lowest BCUT2D eigenvalue weighted by Crippen LogP contribution is -2.33. The summed E-state index contributed by atoms with van der Waals surface area (Å²) in [6.07, 6.45) is 2.01. The molecule has 3 rings (SSSR count). The van der Waals surface area contributed by atoms with Gasteiger partial charge in [-0.05, 0) is 72.6 Å². The second-order valence-corrected chi connectivity index (χ2v) is 9.63. The molecule has 3 aromatic carbocycles. The predicted molar refractivity (Wildman–Crippen MR) is 134 cm³/mol. The minimum atomic E-state index is -4.10. The Morgan fingerprint density at radius 2 is 1.53 bits per heavy atom. The molecule has 3 aromatic rings. The molecule has 0 heterocycles. The Bertz CT molecular complexity index is 1210. The summed E-state index contributed by atoms with van der Waals surface area (Å²) in [6.45, 7) is 3.76. The van der Waals surface area contributed by atoms with Crippen molar-refractivity contribution < 1.29 is 31.3 Å². The molecule has 0 bridgehead atoms. The summed E-state index contributed by atoms with van der Waals surface area (Å²) in [5.41, 5.74) is 1.31. The number of methoxy groups -OCH3 is 1. The zero-order chi connectivity index (χ0) is 26.0. The van der Waals surface area contributed by atoms with E-state index in [-0.39, 0.29) is 16.6 Å². The molecule has 0 radical (unpaired) electrons. The van der Waals surface area contributed by atoms with Gasteiger partial charge in [-0.25, -0.2) is 4.39 Å². The van der Waals surface area contributed by atoms with Gasteiger partial charge < -0.3 is 18.6 Å². The van der Waals surface area contributed by atoms with Crippen molar-refractivity contribution >= 4 is 16.0 Å². The van der Waals surface area contributed by atoms with E-state index in [1.807, 2.05) is 0 Å². The Morgan fingerprint density at radius 1 is 0.889 bits per heavy atom. The molecule has 0 fully saturated rings. The van der Waals surface area contributed by atoms with Crippen LogP contribution in [0.15, 0.2) is 77.7 Å². The summed E-state index contributed by atoms with van der Waals surface area (Å²) in [5, 5.41) is 0. The molecule has 0 atom stereocenters. The average molecular weight is 516 g/mol. The highest BCUT2D eigenvalue weighted by atomic mass is 32.2. The molecule has 7 nitrogen and oxygen atoms in total. The number of ether oxygens (including phenoxy) is 2.